The highest BCUT2D eigenvalue weighted by molar-refractivity contribution is 5.80. The van der Waals surface area contributed by atoms with E-state index in [1.807, 2.05) is 0 Å². The molecule has 1 N–H and O–H groups in total. The Balaban J connectivity index is 2.12. The minimum Gasteiger partial charge on any atom is -0.347 e. The van der Waals surface area contributed by atoms with Gasteiger partial charge in [-0.05, 0) is 42.9 Å². The van der Waals surface area contributed by atoms with Crippen LogP contribution in [0.5, 0.6) is 0 Å². The fourth-order valence-electron chi connectivity index (χ4n) is 3.06. The lowest BCUT2D eigenvalue weighted by molar-refractivity contribution is -0.119. The zero-order chi connectivity index (χ0) is 10.5. The first kappa shape index (κ1) is 8.96. The number of carbonyl (C=O) groups is 1. The van der Waals surface area contributed by atoms with Crippen LogP contribution in [0.3, 0.4) is 0 Å². The van der Waals surface area contributed by atoms with Gasteiger partial charge >= 0.3 is 0 Å². The number of benzene rings is 1. The molecule has 15 heavy (non-hydrogen) atoms. The molecule has 1 aromatic carbocycles. The number of fused-ring (bicyclic) bond motifs is 2. The number of rotatable bonds is 0. The first-order valence-electron chi connectivity index (χ1n) is 5.61. The molecule has 0 saturated carbocycles. The van der Waals surface area contributed by atoms with Crippen molar-refractivity contribution >= 4 is 5.91 Å². The number of nitrogens with one attached hydrogen (secondary N) is 1. The predicted octanol–water partition coefficient (Wildman–Crippen LogP) is 2.05. The minimum absolute atomic E-state index is 0.0154. The average molecular weight is 201 g/mol. The van der Waals surface area contributed by atoms with Crippen LogP contribution in [0.1, 0.15) is 36.0 Å². The van der Waals surface area contributed by atoms with Crippen LogP contribution in [0.4, 0.5) is 0 Å². The molecule has 3 rings (SSSR count). The van der Waals surface area contributed by atoms with E-state index in [2.05, 4.69) is 30.4 Å². The Labute approximate surface area is 89.7 Å². The van der Waals surface area contributed by atoms with Gasteiger partial charge in [0, 0.05) is 6.42 Å². The topological polar surface area (TPSA) is 29.1 Å². The lowest BCUT2D eigenvalue weighted by Crippen LogP contribution is -2.36. The second-order valence-corrected chi connectivity index (χ2v) is 4.73. The van der Waals surface area contributed by atoms with Crippen molar-refractivity contribution in [3.05, 3.63) is 34.9 Å². The number of carbonyl (C=O) groups excluding carboxylic acids is 1. The molecule has 1 aliphatic carbocycles. The second kappa shape index (κ2) is 2.84. The first-order valence-corrected chi connectivity index (χ1v) is 5.61. The number of aryl methyl sites for hydroxylation is 1. The highest BCUT2D eigenvalue weighted by atomic mass is 16.2. The third kappa shape index (κ3) is 1.14. The van der Waals surface area contributed by atoms with Crippen molar-refractivity contribution in [1.29, 1.82) is 0 Å². The Hall–Kier alpha value is -1.31. The Morgan fingerprint density at radius 1 is 1.27 bits per heavy atom. The van der Waals surface area contributed by atoms with Gasteiger partial charge in [-0.2, -0.15) is 0 Å². The molecule has 2 nitrogen and oxygen atoms in total. The van der Waals surface area contributed by atoms with Crippen LogP contribution in [0.15, 0.2) is 18.2 Å². The molecular weight excluding hydrogens is 186 g/mol. The summed E-state index contributed by atoms with van der Waals surface area (Å²) in [6.07, 6.45) is 3.86. The van der Waals surface area contributed by atoms with Gasteiger partial charge in [-0.25, -0.2) is 0 Å². The number of amides is 1. The van der Waals surface area contributed by atoms with Crippen molar-refractivity contribution < 1.29 is 4.79 Å². The molecule has 1 unspecified atom stereocenters. The maximum Gasteiger partial charge on any atom is 0.220 e. The molecule has 1 heterocycles. The van der Waals surface area contributed by atoms with Crippen LogP contribution in [-0.2, 0) is 16.8 Å². The summed E-state index contributed by atoms with van der Waals surface area (Å²) in [5, 5.41) is 3.17. The fourth-order valence-corrected chi connectivity index (χ4v) is 3.06. The summed E-state index contributed by atoms with van der Waals surface area (Å²) in [7, 11) is 0. The molecule has 1 spiro atoms. The summed E-state index contributed by atoms with van der Waals surface area (Å²) in [5.41, 5.74) is 4.18. The van der Waals surface area contributed by atoms with Gasteiger partial charge in [-0.15, -0.1) is 0 Å². The minimum atomic E-state index is -0.0154. The molecule has 2 aliphatic rings. The van der Waals surface area contributed by atoms with Crippen molar-refractivity contribution in [2.45, 2.75) is 38.1 Å². The first-order chi connectivity index (χ1) is 7.21. The largest absolute Gasteiger partial charge is 0.347 e. The molecule has 1 aliphatic heterocycles. The van der Waals surface area contributed by atoms with E-state index in [1.54, 1.807) is 0 Å². The van der Waals surface area contributed by atoms with Crippen molar-refractivity contribution in [2.75, 3.05) is 0 Å². The Bertz CT molecular complexity index is 438. The molecule has 0 aromatic heterocycles. The second-order valence-electron chi connectivity index (χ2n) is 4.73. The SMILES string of the molecule is Cc1cccc2c1CCC21CCC(=O)N1. The Morgan fingerprint density at radius 2 is 2.07 bits per heavy atom. The zero-order valence-corrected chi connectivity index (χ0v) is 8.97. The quantitative estimate of drug-likeness (QED) is 0.684. The third-order valence-corrected chi connectivity index (χ3v) is 3.89. The van der Waals surface area contributed by atoms with Gasteiger partial charge in [0.05, 0.1) is 5.54 Å². The van der Waals surface area contributed by atoms with Crippen LogP contribution in [0.25, 0.3) is 0 Å². The summed E-state index contributed by atoms with van der Waals surface area (Å²) in [6, 6.07) is 6.45. The van der Waals surface area contributed by atoms with Crippen LogP contribution >= 0.6 is 0 Å². The van der Waals surface area contributed by atoms with Gasteiger partial charge in [0.2, 0.25) is 5.91 Å². The van der Waals surface area contributed by atoms with Gasteiger partial charge in [0.15, 0.2) is 0 Å². The van der Waals surface area contributed by atoms with Crippen LogP contribution in [0, 0.1) is 6.92 Å². The van der Waals surface area contributed by atoms with Crippen molar-refractivity contribution in [3.63, 3.8) is 0 Å². The normalized spacial score (nSPS) is 28.2. The Morgan fingerprint density at radius 3 is 2.80 bits per heavy atom. The van der Waals surface area contributed by atoms with E-state index in [-0.39, 0.29) is 11.4 Å². The van der Waals surface area contributed by atoms with E-state index in [9.17, 15) is 4.79 Å². The van der Waals surface area contributed by atoms with Crippen LogP contribution < -0.4 is 5.32 Å². The Kier molecular flexibility index (Phi) is 1.70. The lowest BCUT2D eigenvalue weighted by Gasteiger charge is -2.24. The average Bonchev–Trinajstić information content (AvgIpc) is 2.75. The summed E-state index contributed by atoms with van der Waals surface area (Å²) < 4.78 is 0. The molecule has 0 radical (unpaired) electrons. The van der Waals surface area contributed by atoms with Gasteiger partial charge < -0.3 is 5.32 Å². The number of hydrogen-bond donors (Lipinski definition) is 1. The molecule has 0 bridgehead atoms. The third-order valence-electron chi connectivity index (χ3n) is 3.89. The fraction of sp³-hybridized carbons (Fsp3) is 0.462. The molecule has 1 aromatic rings. The summed E-state index contributed by atoms with van der Waals surface area (Å²) in [6.45, 7) is 2.16. The maximum atomic E-state index is 11.4. The van der Waals surface area contributed by atoms with E-state index in [4.69, 9.17) is 0 Å². The standard InChI is InChI=1S/C13H15NO/c1-9-3-2-4-11-10(9)5-7-13(11)8-6-12(15)14-13/h2-4H,5-8H2,1H3,(H,14,15). The van der Waals surface area contributed by atoms with Gasteiger partial charge in [0.1, 0.15) is 0 Å². The highest BCUT2D eigenvalue weighted by Crippen LogP contribution is 2.43. The monoisotopic (exact) mass is 201 g/mol. The zero-order valence-electron chi connectivity index (χ0n) is 8.97. The van der Waals surface area contributed by atoms with Gasteiger partial charge in [-0.3, -0.25) is 4.79 Å². The van der Waals surface area contributed by atoms with Gasteiger partial charge in [0.25, 0.3) is 0 Å². The highest BCUT2D eigenvalue weighted by Gasteiger charge is 2.43. The predicted molar refractivity (Wildman–Crippen MR) is 58.6 cm³/mol. The van der Waals surface area contributed by atoms with Gasteiger partial charge in [-0.1, -0.05) is 18.2 Å². The summed E-state index contributed by atoms with van der Waals surface area (Å²) in [5.74, 6) is 0.212. The smallest absolute Gasteiger partial charge is 0.220 e. The van der Waals surface area contributed by atoms with E-state index in [0.29, 0.717) is 6.42 Å². The van der Waals surface area contributed by atoms with Crippen LogP contribution in [0.2, 0.25) is 0 Å². The lowest BCUT2D eigenvalue weighted by atomic mass is 9.90. The molecule has 1 atom stereocenters. The summed E-state index contributed by atoms with van der Waals surface area (Å²) in [4.78, 5) is 11.4. The molecule has 1 saturated heterocycles. The van der Waals surface area contributed by atoms with E-state index < -0.39 is 0 Å². The summed E-state index contributed by atoms with van der Waals surface area (Å²) >= 11 is 0. The van der Waals surface area contributed by atoms with E-state index >= 15 is 0 Å². The molecular formula is C13H15NO. The van der Waals surface area contributed by atoms with Crippen molar-refractivity contribution in [1.82, 2.24) is 5.32 Å². The maximum absolute atomic E-state index is 11.4. The van der Waals surface area contributed by atoms with Crippen LogP contribution in [-0.4, -0.2) is 5.91 Å². The van der Waals surface area contributed by atoms with Crippen molar-refractivity contribution in [2.24, 2.45) is 0 Å². The molecule has 1 fully saturated rings. The number of hydrogen-bond acceptors (Lipinski definition) is 1. The molecule has 1 amide bonds. The van der Waals surface area contributed by atoms with E-state index in [0.717, 1.165) is 19.3 Å². The molecule has 78 valence electrons. The molecule has 2 heteroatoms. The van der Waals surface area contributed by atoms with Crippen molar-refractivity contribution in [3.8, 4) is 0 Å². The van der Waals surface area contributed by atoms with E-state index in [1.165, 1.54) is 16.7 Å².